The Morgan fingerprint density at radius 3 is 3.00 bits per heavy atom. The molecule has 5 rings (SSSR count). The van der Waals surface area contributed by atoms with Gasteiger partial charge in [-0.3, -0.25) is 4.79 Å². The maximum atomic E-state index is 13.0. The fourth-order valence-electron chi connectivity index (χ4n) is 5.55. The lowest BCUT2D eigenvalue weighted by Crippen LogP contribution is -2.54. The lowest BCUT2D eigenvalue weighted by Gasteiger charge is -2.43. The number of carbonyl (C=O) groups excluding carboxylic acids is 1. The first-order valence-electron chi connectivity index (χ1n) is 11.4. The molecule has 7 heteroatoms. The van der Waals surface area contributed by atoms with E-state index in [1.54, 1.807) is 7.11 Å². The van der Waals surface area contributed by atoms with Crippen molar-refractivity contribution >= 4 is 27.7 Å². The summed E-state index contributed by atoms with van der Waals surface area (Å²) in [7, 11) is 1.77. The van der Waals surface area contributed by atoms with Gasteiger partial charge in [-0.05, 0) is 48.8 Å². The van der Waals surface area contributed by atoms with Crippen molar-refractivity contribution in [2.45, 2.75) is 44.6 Å². The summed E-state index contributed by atoms with van der Waals surface area (Å²) in [5, 5.41) is 7.08. The van der Waals surface area contributed by atoms with Gasteiger partial charge in [-0.1, -0.05) is 6.92 Å². The molecule has 2 fully saturated rings. The Morgan fingerprint density at radius 1 is 1.26 bits per heavy atom. The Hall–Kier alpha value is -2.35. The molecular formula is C24H31N5O2. The van der Waals surface area contributed by atoms with E-state index in [2.05, 4.69) is 31.0 Å². The van der Waals surface area contributed by atoms with Crippen LogP contribution in [0.25, 0.3) is 21.9 Å². The van der Waals surface area contributed by atoms with Crippen LogP contribution in [-0.4, -0.2) is 70.1 Å². The van der Waals surface area contributed by atoms with Crippen LogP contribution in [-0.2, 0) is 9.53 Å². The number of nitrogens with zero attached hydrogens (tertiary/aromatic N) is 4. The summed E-state index contributed by atoms with van der Waals surface area (Å²) in [4.78, 5) is 25.2. The minimum absolute atomic E-state index is 0.0561. The van der Waals surface area contributed by atoms with Gasteiger partial charge in [-0.25, -0.2) is 20.0 Å². The third-order valence-corrected chi connectivity index (χ3v) is 7.09. The minimum atomic E-state index is -0.0561. The van der Waals surface area contributed by atoms with Gasteiger partial charge in [0.25, 0.3) is 0 Å². The number of H-pyrrole nitrogens is 1. The molecule has 7 nitrogen and oxygen atoms in total. The van der Waals surface area contributed by atoms with Crippen molar-refractivity contribution in [3.8, 4) is 0 Å². The second-order valence-electron chi connectivity index (χ2n) is 8.90. The van der Waals surface area contributed by atoms with Crippen LogP contribution in [0, 0.1) is 5.92 Å². The minimum Gasteiger partial charge on any atom is -0.384 e. The molecule has 5 heterocycles. The average molecular weight is 422 g/mol. The highest BCUT2D eigenvalue weighted by Crippen LogP contribution is 2.38. The Bertz CT molecular complexity index is 1080. The van der Waals surface area contributed by atoms with E-state index < -0.39 is 0 Å². The highest BCUT2D eigenvalue weighted by Gasteiger charge is 2.39. The highest BCUT2D eigenvalue weighted by atomic mass is 16.5. The third kappa shape index (κ3) is 3.75. The smallest absolute Gasteiger partial charge is 0.159 e. The van der Waals surface area contributed by atoms with Crippen molar-refractivity contribution in [2.24, 2.45) is 5.92 Å². The predicted molar refractivity (Wildman–Crippen MR) is 121 cm³/mol. The van der Waals surface area contributed by atoms with E-state index in [4.69, 9.17) is 4.74 Å². The average Bonchev–Trinajstić information content (AvgIpc) is 3.47. The third-order valence-electron chi connectivity index (χ3n) is 7.09. The molecule has 0 saturated carbocycles. The molecule has 0 aromatic carbocycles. The number of methoxy groups -OCH3 is 1. The van der Waals surface area contributed by atoms with Crippen molar-refractivity contribution in [1.82, 2.24) is 25.0 Å². The van der Waals surface area contributed by atoms with Crippen molar-refractivity contribution in [3.05, 3.63) is 36.3 Å². The molecule has 3 aromatic heterocycles. The number of carbonyl (C=O) groups is 1. The largest absolute Gasteiger partial charge is 0.384 e. The van der Waals surface area contributed by atoms with Crippen LogP contribution in [0.1, 0.15) is 44.1 Å². The molecule has 3 aromatic rings. The number of hydrogen-bond acceptors (Lipinski definition) is 6. The van der Waals surface area contributed by atoms with Crippen LogP contribution in [0.5, 0.6) is 0 Å². The molecule has 2 aliphatic heterocycles. The van der Waals surface area contributed by atoms with E-state index in [-0.39, 0.29) is 6.04 Å². The summed E-state index contributed by atoms with van der Waals surface area (Å²) in [6.07, 6.45) is 9.30. The van der Waals surface area contributed by atoms with Crippen LogP contribution in [0.4, 0.5) is 0 Å². The maximum Gasteiger partial charge on any atom is 0.159 e. The maximum absolute atomic E-state index is 13.0. The molecule has 0 aliphatic carbocycles. The zero-order chi connectivity index (χ0) is 21.4. The van der Waals surface area contributed by atoms with E-state index in [0.717, 1.165) is 62.1 Å². The molecule has 164 valence electrons. The van der Waals surface area contributed by atoms with Crippen LogP contribution in [0.15, 0.2) is 30.7 Å². The van der Waals surface area contributed by atoms with Crippen LogP contribution in [0.3, 0.4) is 0 Å². The molecule has 0 radical (unpaired) electrons. The lowest BCUT2D eigenvalue weighted by molar-refractivity contribution is -0.137. The van der Waals surface area contributed by atoms with E-state index in [1.807, 2.05) is 31.6 Å². The van der Waals surface area contributed by atoms with Gasteiger partial charge >= 0.3 is 0 Å². The zero-order valence-electron chi connectivity index (χ0n) is 18.4. The molecule has 31 heavy (non-hydrogen) atoms. The molecule has 2 saturated heterocycles. The molecule has 0 amide bonds. The van der Waals surface area contributed by atoms with Crippen LogP contribution >= 0.6 is 0 Å². The van der Waals surface area contributed by atoms with Gasteiger partial charge in [-0.2, -0.15) is 0 Å². The normalized spacial score (nSPS) is 25.5. The molecule has 1 N–H and O–H groups in total. The summed E-state index contributed by atoms with van der Waals surface area (Å²) in [5.74, 6) is 1.24. The number of hydrazine groups is 1. The first kappa shape index (κ1) is 20.5. The van der Waals surface area contributed by atoms with Crippen molar-refractivity contribution in [1.29, 1.82) is 0 Å². The number of fused-ring (bicyclic) bond motifs is 3. The summed E-state index contributed by atoms with van der Waals surface area (Å²) in [5.41, 5.74) is 3.12. The summed E-state index contributed by atoms with van der Waals surface area (Å²) >= 11 is 0. The zero-order valence-corrected chi connectivity index (χ0v) is 18.4. The second kappa shape index (κ2) is 8.65. The van der Waals surface area contributed by atoms with Gasteiger partial charge in [0.05, 0.1) is 24.4 Å². The molecule has 0 spiro atoms. The number of nitrogens with one attached hydrogen (secondary N) is 1. The SMILES string of the molecule is CCC(=O)C1CC(c2cc[nH]c3cnc4nccc4c23)CCN1N1CCC(COC)C1. The van der Waals surface area contributed by atoms with Crippen LogP contribution in [0.2, 0.25) is 0 Å². The summed E-state index contributed by atoms with van der Waals surface area (Å²) < 4.78 is 5.38. The predicted octanol–water partition coefficient (Wildman–Crippen LogP) is 3.52. The first-order valence-corrected chi connectivity index (χ1v) is 11.4. The number of ketones is 1. The van der Waals surface area contributed by atoms with E-state index in [0.29, 0.717) is 24.0 Å². The van der Waals surface area contributed by atoms with E-state index in [9.17, 15) is 4.79 Å². The molecular weight excluding hydrogens is 390 g/mol. The topological polar surface area (TPSA) is 74.4 Å². The molecule has 3 unspecified atom stereocenters. The van der Waals surface area contributed by atoms with Gasteiger partial charge in [-0.15, -0.1) is 0 Å². The first-order chi connectivity index (χ1) is 15.2. The Morgan fingerprint density at radius 2 is 2.16 bits per heavy atom. The van der Waals surface area contributed by atoms with E-state index >= 15 is 0 Å². The number of pyridine rings is 2. The Labute approximate surface area is 182 Å². The quantitative estimate of drug-likeness (QED) is 0.656. The van der Waals surface area contributed by atoms with E-state index in [1.165, 1.54) is 10.9 Å². The fourth-order valence-corrected chi connectivity index (χ4v) is 5.55. The number of aromatic amines is 1. The number of ether oxygens (including phenoxy) is 1. The number of rotatable bonds is 6. The molecule has 3 atom stereocenters. The van der Waals surface area contributed by atoms with Crippen molar-refractivity contribution in [3.63, 3.8) is 0 Å². The summed E-state index contributed by atoms with van der Waals surface area (Å²) in [6.45, 7) is 5.69. The Kier molecular flexibility index (Phi) is 5.73. The summed E-state index contributed by atoms with van der Waals surface area (Å²) in [6, 6.07) is 4.18. The molecule has 0 bridgehead atoms. The van der Waals surface area contributed by atoms with Gasteiger partial charge in [0, 0.05) is 56.3 Å². The van der Waals surface area contributed by atoms with Gasteiger partial charge < -0.3 is 9.72 Å². The second-order valence-corrected chi connectivity index (χ2v) is 8.90. The highest BCUT2D eigenvalue weighted by molar-refractivity contribution is 6.05. The number of Topliss-reactive ketones (excluding diaryl/α,β-unsaturated/α-hetero) is 1. The van der Waals surface area contributed by atoms with Crippen LogP contribution < -0.4 is 0 Å². The monoisotopic (exact) mass is 421 g/mol. The van der Waals surface area contributed by atoms with Crippen molar-refractivity contribution < 1.29 is 9.53 Å². The lowest BCUT2D eigenvalue weighted by atomic mass is 9.82. The van der Waals surface area contributed by atoms with Gasteiger partial charge in [0.2, 0.25) is 0 Å². The Balaban J connectivity index is 1.45. The van der Waals surface area contributed by atoms with Crippen molar-refractivity contribution in [2.75, 3.05) is 33.4 Å². The molecule has 2 aliphatic rings. The fraction of sp³-hybridized carbons (Fsp3) is 0.542. The number of hydrogen-bond donors (Lipinski definition) is 1. The number of piperidine rings is 1. The van der Waals surface area contributed by atoms with Gasteiger partial charge in [0.15, 0.2) is 11.4 Å². The number of aromatic nitrogens is 3. The standard InChI is InChI=1S/C24H31N5O2/c1-3-22(30)21-12-17(7-11-29(21)28-10-6-16(14-28)15-31-2)18-4-8-25-20-13-27-24-19(23(18)20)5-9-26-24/h4-5,8-9,13,16-17,21,25H,3,6-7,10-12,14-15H2,1-2H3. The van der Waals surface area contributed by atoms with Gasteiger partial charge in [0.1, 0.15) is 0 Å².